The Labute approximate surface area is 196 Å². The molecule has 0 atom stereocenters. The van der Waals surface area contributed by atoms with Crippen LogP contribution in [0.1, 0.15) is 0 Å². The Hall–Kier alpha value is -4.18. The molecule has 2 aromatic heterocycles. The molecular formula is C24H25N7O3. The summed E-state index contributed by atoms with van der Waals surface area (Å²) in [5.74, 6) is 2.80. The van der Waals surface area contributed by atoms with Crippen molar-refractivity contribution in [3.8, 4) is 11.5 Å². The van der Waals surface area contributed by atoms with Crippen LogP contribution >= 0.6 is 0 Å². The predicted octanol–water partition coefficient (Wildman–Crippen LogP) is 3.76. The van der Waals surface area contributed by atoms with Crippen molar-refractivity contribution in [2.75, 3.05) is 56.1 Å². The van der Waals surface area contributed by atoms with Gasteiger partial charge in [0.15, 0.2) is 11.5 Å². The van der Waals surface area contributed by atoms with E-state index in [1.54, 1.807) is 26.5 Å². The normalized spacial score (nSPS) is 13.5. The van der Waals surface area contributed by atoms with E-state index in [1.165, 1.54) is 12.0 Å². The molecule has 0 saturated carbocycles. The van der Waals surface area contributed by atoms with Gasteiger partial charge in [-0.05, 0) is 36.4 Å². The Morgan fingerprint density at radius 3 is 2.38 bits per heavy atom. The molecule has 4 aromatic rings. The van der Waals surface area contributed by atoms with Gasteiger partial charge in [0.25, 0.3) is 0 Å². The fourth-order valence-corrected chi connectivity index (χ4v) is 3.80. The number of morpholine rings is 1. The third-order valence-corrected chi connectivity index (χ3v) is 5.53. The van der Waals surface area contributed by atoms with E-state index in [9.17, 15) is 0 Å². The van der Waals surface area contributed by atoms with Gasteiger partial charge < -0.3 is 29.7 Å². The molecular weight excluding hydrogens is 434 g/mol. The van der Waals surface area contributed by atoms with Gasteiger partial charge in [0.05, 0.1) is 33.0 Å². The summed E-state index contributed by atoms with van der Waals surface area (Å²) >= 11 is 0. The SMILES string of the molecule is COc1cc2nc(Nc3ccncn3)nc(Nc3ccc(N4CCOCC4)cc3)c2cc1OC. The first-order chi connectivity index (χ1) is 16.7. The Morgan fingerprint density at radius 1 is 0.912 bits per heavy atom. The Balaban J connectivity index is 1.50. The van der Waals surface area contributed by atoms with Crippen LogP contribution in [0.25, 0.3) is 10.9 Å². The Kier molecular flexibility index (Phi) is 6.21. The summed E-state index contributed by atoms with van der Waals surface area (Å²) in [6, 6.07) is 13.7. The molecule has 1 aliphatic rings. The van der Waals surface area contributed by atoms with Crippen LogP contribution in [-0.4, -0.2) is 60.5 Å². The maximum atomic E-state index is 5.50. The van der Waals surface area contributed by atoms with Gasteiger partial charge in [0.2, 0.25) is 5.95 Å². The molecule has 0 unspecified atom stereocenters. The molecule has 34 heavy (non-hydrogen) atoms. The summed E-state index contributed by atoms with van der Waals surface area (Å²) in [6.45, 7) is 3.28. The van der Waals surface area contributed by atoms with Gasteiger partial charge in [-0.1, -0.05) is 0 Å². The van der Waals surface area contributed by atoms with Crippen molar-refractivity contribution in [1.29, 1.82) is 0 Å². The van der Waals surface area contributed by atoms with Crippen LogP contribution in [0.15, 0.2) is 55.0 Å². The minimum absolute atomic E-state index is 0.394. The molecule has 0 aliphatic carbocycles. The maximum Gasteiger partial charge on any atom is 0.230 e. The second-order valence-electron chi connectivity index (χ2n) is 7.61. The molecule has 2 aromatic carbocycles. The fourth-order valence-electron chi connectivity index (χ4n) is 3.80. The minimum Gasteiger partial charge on any atom is -0.493 e. The van der Waals surface area contributed by atoms with Crippen LogP contribution in [0.4, 0.5) is 29.0 Å². The van der Waals surface area contributed by atoms with E-state index < -0.39 is 0 Å². The lowest BCUT2D eigenvalue weighted by Gasteiger charge is -2.29. The molecule has 0 spiro atoms. The number of hydrogen-bond acceptors (Lipinski definition) is 10. The lowest BCUT2D eigenvalue weighted by Crippen LogP contribution is -2.36. The van der Waals surface area contributed by atoms with Crippen LogP contribution in [0.3, 0.4) is 0 Å². The molecule has 1 fully saturated rings. The maximum absolute atomic E-state index is 5.50. The van der Waals surface area contributed by atoms with Crippen molar-refractivity contribution in [3.05, 3.63) is 55.0 Å². The van der Waals surface area contributed by atoms with Crippen molar-refractivity contribution in [1.82, 2.24) is 19.9 Å². The summed E-state index contributed by atoms with van der Waals surface area (Å²) in [7, 11) is 3.20. The van der Waals surface area contributed by atoms with Gasteiger partial charge in [0.1, 0.15) is 18.0 Å². The first-order valence-corrected chi connectivity index (χ1v) is 10.9. The van der Waals surface area contributed by atoms with Gasteiger partial charge in [0, 0.05) is 42.1 Å². The fraction of sp³-hybridized carbons (Fsp3) is 0.250. The smallest absolute Gasteiger partial charge is 0.230 e. The van der Waals surface area contributed by atoms with Crippen molar-refractivity contribution in [3.63, 3.8) is 0 Å². The number of fused-ring (bicyclic) bond motifs is 1. The van der Waals surface area contributed by atoms with E-state index in [4.69, 9.17) is 19.2 Å². The number of ether oxygens (including phenoxy) is 3. The van der Waals surface area contributed by atoms with Gasteiger partial charge in [-0.15, -0.1) is 0 Å². The highest BCUT2D eigenvalue weighted by Gasteiger charge is 2.15. The molecule has 0 amide bonds. The number of nitrogens with zero attached hydrogens (tertiary/aromatic N) is 5. The van der Waals surface area contributed by atoms with Crippen LogP contribution in [-0.2, 0) is 4.74 Å². The second-order valence-corrected chi connectivity index (χ2v) is 7.61. The molecule has 3 heterocycles. The molecule has 1 aliphatic heterocycles. The van der Waals surface area contributed by atoms with E-state index in [1.807, 2.05) is 24.3 Å². The van der Waals surface area contributed by atoms with Crippen LogP contribution in [0.2, 0.25) is 0 Å². The first kappa shape index (κ1) is 21.7. The highest BCUT2D eigenvalue weighted by atomic mass is 16.5. The third-order valence-electron chi connectivity index (χ3n) is 5.53. The predicted molar refractivity (Wildman–Crippen MR) is 131 cm³/mol. The number of methoxy groups -OCH3 is 2. The third kappa shape index (κ3) is 4.62. The minimum atomic E-state index is 0.394. The van der Waals surface area contributed by atoms with E-state index in [-0.39, 0.29) is 0 Å². The highest BCUT2D eigenvalue weighted by molar-refractivity contribution is 5.94. The standard InChI is InChI=1S/C24H25N7O3/c1-32-20-13-18-19(14-21(20)33-2)28-24(29-22-7-8-25-15-26-22)30-23(18)27-16-3-5-17(6-4-16)31-9-11-34-12-10-31/h3-8,13-15H,9-12H2,1-2H3,(H2,25,26,27,28,29,30). The Bertz CT molecular complexity index is 1260. The highest BCUT2D eigenvalue weighted by Crippen LogP contribution is 2.36. The summed E-state index contributed by atoms with van der Waals surface area (Å²) in [5.41, 5.74) is 2.76. The quantitative estimate of drug-likeness (QED) is 0.424. The summed E-state index contributed by atoms with van der Waals surface area (Å²) in [4.78, 5) is 19.8. The van der Waals surface area contributed by atoms with Gasteiger partial charge >= 0.3 is 0 Å². The summed E-state index contributed by atoms with van der Waals surface area (Å²) < 4.78 is 16.4. The van der Waals surface area contributed by atoms with Crippen molar-refractivity contribution in [2.45, 2.75) is 0 Å². The monoisotopic (exact) mass is 459 g/mol. The summed E-state index contributed by atoms with van der Waals surface area (Å²) in [6.07, 6.45) is 3.12. The average molecular weight is 460 g/mol. The number of benzene rings is 2. The second kappa shape index (κ2) is 9.75. The molecule has 2 N–H and O–H groups in total. The largest absolute Gasteiger partial charge is 0.493 e. The first-order valence-electron chi connectivity index (χ1n) is 10.9. The van der Waals surface area contributed by atoms with Crippen LogP contribution in [0, 0.1) is 0 Å². The molecule has 5 rings (SSSR count). The number of rotatable bonds is 7. The van der Waals surface area contributed by atoms with Crippen LogP contribution in [0.5, 0.6) is 11.5 Å². The average Bonchev–Trinajstić information content (AvgIpc) is 2.89. The molecule has 10 heteroatoms. The molecule has 174 valence electrons. The number of hydrogen-bond donors (Lipinski definition) is 2. The zero-order valence-corrected chi connectivity index (χ0v) is 19.0. The van der Waals surface area contributed by atoms with Crippen molar-refractivity contribution < 1.29 is 14.2 Å². The lowest BCUT2D eigenvalue weighted by molar-refractivity contribution is 0.122. The van der Waals surface area contributed by atoms with Gasteiger partial charge in [-0.2, -0.15) is 4.98 Å². The topological polar surface area (TPSA) is 107 Å². The van der Waals surface area contributed by atoms with Gasteiger partial charge in [-0.3, -0.25) is 0 Å². The number of anilines is 5. The molecule has 10 nitrogen and oxygen atoms in total. The van der Waals surface area contributed by atoms with Crippen LogP contribution < -0.4 is 25.0 Å². The number of nitrogens with one attached hydrogen (secondary N) is 2. The van der Waals surface area contributed by atoms with E-state index in [0.717, 1.165) is 37.4 Å². The Morgan fingerprint density at radius 2 is 1.68 bits per heavy atom. The molecule has 1 saturated heterocycles. The van der Waals surface area contributed by atoms with E-state index >= 15 is 0 Å². The summed E-state index contributed by atoms with van der Waals surface area (Å²) in [5, 5.41) is 7.36. The number of aromatic nitrogens is 4. The van der Waals surface area contributed by atoms with Gasteiger partial charge in [-0.25, -0.2) is 15.0 Å². The molecule has 0 radical (unpaired) electrons. The molecule has 0 bridgehead atoms. The lowest BCUT2D eigenvalue weighted by atomic mass is 10.2. The van der Waals surface area contributed by atoms with E-state index in [2.05, 4.69) is 42.6 Å². The van der Waals surface area contributed by atoms with E-state index in [0.29, 0.717) is 34.6 Å². The van der Waals surface area contributed by atoms with Crippen molar-refractivity contribution in [2.24, 2.45) is 0 Å². The van der Waals surface area contributed by atoms with Crippen molar-refractivity contribution >= 4 is 39.9 Å². The zero-order chi connectivity index (χ0) is 23.3. The zero-order valence-electron chi connectivity index (χ0n) is 19.0.